The lowest BCUT2D eigenvalue weighted by molar-refractivity contribution is -0.385. The third kappa shape index (κ3) is 3.44. The number of benzene rings is 1. The number of phenols is 2. The van der Waals surface area contributed by atoms with Crippen LogP contribution in [0.2, 0.25) is 0 Å². The number of hydrogen-bond acceptors (Lipinski definition) is 7. The quantitative estimate of drug-likeness (QED) is 0.385. The Bertz CT molecular complexity index is 1140. The van der Waals surface area contributed by atoms with Gasteiger partial charge in [0.15, 0.2) is 17.4 Å². The van der Waals surface area contributed by atoms with Gasteiger partial charge in [0.2, 0.25) is 5.75 Å². The number of alkyl halides is 3. The molecular weight excluding hydrogens is 395 g/mol. The molecule has 12 heteroatoms. The van der Waals surface area contributed by atoms with Gasteiger partial charge < -0.3 is 14.8 Å². The molecule has 0 saturated heterocycles. The lowest BCUT2D eigenvalue weighted by atomic mass is 10.0. The number of aryl methyl sites for hydroxylation is 2. The highest BCUT2D eigenvalue weighted by Gasteiger charge is 2.37. The monoisotopic (exact) mass is 409 g/mol. The van der Waals surface area contributed by atoms with Crippen LogP contribution in [0, 0.1) is 24.0 Å². The minimum absolute atomic E-state index is 0.0143. The molecule has 0 aliphatic carbocycles. The molecule has 2 N–H and O–H groups in total. The average molecular weight is 409 g/mol. The first-order valence-electron chi connectivity index (χ1n) is 8.07. The highest BCUT2D eigenvalue weighted by atomic mass is 19.4. The van der Waals surface area contributed by atoms with Crippen LogP contribution in [0.3, 0.4) is 0 Å². The van der Waals surface area contributed by atoms with Gasteiger partial charge >= 0.3 is 11.9 Å². The molecule has 0 fully saturated rings. The first-order valence-corrected chi connectivity index (χ1v) is 8.07. The van der Waals surface area contributed by atoms with Crippen molar-refractivity contribution in [2.75, 3.05) is 0 Å². The van der Waals surface area contributed by atoms with Crippen molar-refractivity contribution in [2.24, 2.45) is 7.05 Å². The maximum Gasteiger partial charge on any atom is 0.417 e. The molecule has 3 aromatic rings. The zero-order valence-corrected chi connectivity index (χ0v) is 15.3. The molecule has 0 aliphatic rings. The van der Waals surface area contributed by atoms with E-state index >= 15 is 0 Å². The molecule has 29 heavy (non-hydrogen) atoms. The van der Waals surface area contributed by atoms with E-state index in [0.29, 0.717) is 0 Å². The van der Waals surface area contributed by atoms with Crippen LogP contribution in [0.15, 0.2) is 18.2 Å². The van der Waals surface area contributed by atoms with Crippen molar-refractivity contribution < 1.29 is 28.3 Å². The van der Waals surface area contributed by atoms with Crippen molar-refractivity contribution in [2.45, 2.75) is 20.0 Å². The molecule has 0 unspecified atom stereocenters. The average Bonchev–Trinajstić information content (AvgIpc) is 2.97. The predicted molar refractivity (Wildman–Crippen MR) is 94.1 cm³/mol. The summed E-state index contributed by atoms with van der Waals surface area (Å²) in [5.41, 5.74) is -1.75. The van der Waals surface area contributed by atoms with E-state index in [0.717, 1.165) is 18.2 Å². The minimum atomic E-state index is -4.67. The summed E-state index contributed by atoms with van der Waals surface area (Å²) >= 11 is 0. The summed E-state index contributed by atoms with van der Waals surface area (Å²) in [5, 5.41) is 38.1. The molecule has 0 bridgehead atoms. The molecule has 0 spiro atoms. The van der Waals surface area contributed by atoms with Crippen LogP contribution in [-0.4, -0.2) is 34.9 Å². The molecule has 3 rings (SSSR count). The number of phenolic OH excluding ortho intramolecular Hbond substituents is 2. The van der Waals surface area contributed by atoms with Gasteiger partial charge in [0.25, 0.3) is 0 Å². The standard InChI is InChI=1S/C17H14F3N5O4/c1-7-4-10(17(18,19)20)13(8(2)21-7)16-23-22-15(24(16)3)9-5-11(25(28)29)14(27)12(26)6-9/h4-6,26-27H,1-3H3. The fraction of sp³-hybridized carbons (Fsp3) is 0.235. The van der Waals surface area contributed by atoms with Gasteiger partial charge in [-0.2, -0.15) is 13.2 Å². The van der Waals surface area contributed by atoms with E-state index in [1.165, 1.54) is 25.5 Å². The van der Waals surface area contributed by atoms with E-state index in [9.17, 15) is 33.5 Å². The first-order chi connectivity index (χ1) is 13.4. The van der Waals surface area contributed by atoms with Crippen molar-refractivity contribution in [3.63, 3.8) is 0 Å². The predicted octanol–water partition coefficient (Wildman–Crippen LogP) is 3.50. The molecule has 0 amide bonds. The van der Waals surface area contributed by atoms with E-state index in [4.69, 9.17) is 0 Å². The lowest BCUT2D eigenvalue weighted by Crippen LogP contribution is -2.12. The molecule has 2 aromatic heterocycles. The van der Waals surface area contributed by atoms with E-state index in [2.05, 4.69) is 15.2 Å². The number of aromatic hydroxyl groups is 2. The Morgan fingerprint density at radius 2 is 1.72 bits per heavy atom. The fourth-order valence-corrected chi connectivity index (χ4v) is 3.01. The molecule has 2 heterocycles. The first kappa shape index (κ1) is 20.0. The Morgan fingerprint density at radius 1 is 1.10 bits per heavy atom. The molecule has 1 aromatic carbocycles. The lowest BCUT2D eigenvalue weighted by Gasteiger charge is -2.15. The fourth-order valence-electron chi connectivity index (χ4n) is 3.01. The van der Waals surface area contributed by atoms with Gasteiger partial charge in [0.05, 0.1) is 16.1 Å². The summed E-state index contributed by atoms with van der Waals surface area (Å²) in [6.45, 7) is 2.84. The van der Waals surface area contributed by atoms with Crippen LogP contribution in [0.5, 0.6) is 11.5 Å². The van der Waals surface area contributed by atoms with E-state index in [1.807, 2.05) is 0 Å². The van der Waals surface area contributed by atoms with Gasteiger partial charge in [-0.05, 0) is 26.0 Å². The summed E-state index contributed by atoms with van der Waals surface area (Å²) in [7, 11) is 1.37. The van der Waals surface area contributed by atoms with E-state index in [-0.39, 0.29) is 34.2 Å². The minimum Gasteiger partial charge on any atom is -0.504 e. The summed E-state index contributed by atoms with van der Waals surface area (Å²) in [4.78, 5) is 14.2. The normalized spacial score (nSPS) is 11.7. The van der Waals surface area contributed by atoms with Gasteiger partial charge in [-0.3, -0.25) is 15.1 Å². The third-order valence-corrected chi connectivity index (χ3v) is 4.26. The maximum absolute atomic E-state index is 13.6. The number of aromatic nitrogens is 4. The van der Waals surface area contributed by atoms with Crippen LogP contribution in [0.4, 0.5) is 18.9 Å². The second-order valence-electron chi connectivity index (χ2n) is 6.30. The largest absolute Gasteiger partial charge is 0.504 e. The Labute approximate surface area is 161 Å². The maximum atomic E-state index is 13.6. The topological polar surface area (TPSA) is 127 Å². The molecule has 0 radical (unpaired) electrons. The van der Waals surface area contributed by atoms with Gasteiger partial charge in [-0.1, -0.05) is 0 Å². The zero-order valence-electron chi connectivity index (χ0n) is 15.3. The molecule has 152 valence electrons. The highest BCUT2D eigenvalue weighted by Crippen LogP contribution is 2.41. The Morgan fingerprint density at radius 3 is 2.31 bits per heavy atom. The van der Waals surface area contributed by atoms with E-state index < -0.39 is 33.8 Å². The number of rotatable bonds is 3. The van der Waals surface area contributed by atoms with Crippen LogP contribution in [-0.2, 0) is 13.2 Å². The SMILES string of the molecule is Cc1cc(C(F)(F)F)c(-c2nnc(-c3cc(O)c(O)c([N+](=O)[O-])c3)n2C)c(C)n1. The summed E-state index contributed by atoms with van der Waals surface area (Å²) in [5.74, 6) is -1.92. The van der Waals surface area contributed by atoms with Gasteiger partial charge in [-0.25, -0.2) is 0 Å². The second-order valence-corrected chi connectivity index (χ2v) is 6.30. The van der Waals surface area contributed by atoms with Gasteiger partial charge in [0.1, 0.15) is 0 Å². The Kier molecular flexibility index (Phi) is 4.65. The number of hydrogen-bond donors (Lipinski definition) is 2. The molecule has 0 aliphatic heterocycles. The number of nitro benzene ring substituents is 1. The van der Waals surface area contributed by atoms with Crippen LogP contribution in [0.1, 0.15) is 17.0 Å². The van der Waals surface area contributed by atoms with Crippen LogP contribution < -0.4 is 0 Å². The van der Waals surface area contributed by atoms with Gasteiger partial charge in [0, 0.05) is 30.1 Å². The number of halogens is 3. The summed E-state index contributed by atoms with van der Waals surface area (Å²) in [6, 6.07) is 2.84. The van der Waals surface area contributed by atoms with Crippen molar-refractivity contribution in [1.82, 2.24) is 19.7 Å². The smallest absolute Gasteiger partial charge is 0.417 e. The molecule has 0 saturated carbocycles. The van der Waals surface area contributed by atoms with Crippen molar-refractivity contribution in [3.8, 4) is 34.3 Å². The molecule has 9 nitrogen and oxygen atoms in total. The number of pyridine rings is 1. The Hall–Kier alpha value is -3.70. The van der Waals surface area contributed by atoms with Crippen molar-refractivity contribution in [1.29, 1.82) is 0 Å². The van der Waals surface area contributed by atoms with Gasteiger partial charge in [-0.15, -0.1) is 10.2 Å². The molecular formula is C17H14F3N5O4. The summed E-state index contributed by atoms with van der Waals surface area (Å²) in [6.07, 6.45) is -4.67. The van der Waals surface area contributed by atoms with Crippen molar-refractivity contribution in [3.05, 3.63) is 45.3 Å². The van der Waals surface area contributed by atoms with Crippen molar-refractivity contribution >= 4 is 5.69 Å². The zero-order chi connectivity index (χ0) is 21.7. The number of nitro groups is 1. The third-order valence-electron chi connectivity index (χ3n) is 4.26. The Balaban J connectivity index is 2.25. The van der Waals surface area contributed by atoms with Crippen LogP contribution in [0.25, 0.3) is 22.8 Å². The molecule has 0 atom stereocenters. The second kappa shape index (κ2) is 6.72. The number of nitrogens with zero attached hydrogens (tertiary/aromatic N) is 5. The van der Waals surface area contributed by atoms with E-state index in [1.54, 1.807) is 0 Å². The van der Waals surface area contributed by atoms with Crippen LogP contribution >= 0.6 is 0 Å². The highest BCUT2D eigenvalue weighted by molar-refractivity contribution is 5.72. The summed E-state index contributed by atoms with van der Waals surface area (Å²) < 4.78 is 41.9.